The van der Waals surface area contributed by atoms with Crippen LogP contribution >= 0.6 is 0 Å². The van der Waals surface area contributed by atoms with E-state index in [-0.39, 0.29) is 34.3 Å². The minimum Gasteiger partial charge on any atom is -0.454 e. The average Bonchev–Trinajstić information content (AvgIpc) is 3.07. The Kier molecular flexibility index (Phi) is 5.63. The molecule has 1 saturated heterocycles. The summed E-state index contributed by atoms with van der Waals surface area (Å²) in [6.45, 7) is -0.595. The lowest BCUT2D eigenvalue weighted by atomic mass is 9.85. The molecule has 2 atom stereocenters. The molecule has 1 aliphatic heterocycles. The summed E-state index contributed by atoms with van der Waals surface area (Å²) in [6.07, 6.45) is 4.70. The van der Waals surface area contributed by atoms with Gasteiger partial charge in [-0.2, -0.15) is 0 Å². The monoisotopic (exact) mass is 434 g/mol. The van der Waals surface area contributed by atoms with Crippen molar-refractivity contribution in [3.63, 3.8) is 0 Å². The summed E-state index contributed by atoms with van der Waals surface area (Å²) in [4.78, 5) is 61.9. The van der Waals surface area contributed by atoms with Gasteiger partial charge in [-0.1, -0.05) is 24.3 Å². The number of carbonyl (C=O) groups is 4. The number of non-ortho nitro benzene ring substituents is 1. The summed E-state index contributed by atoms with van der Waals surface area (Å²) in [5.74, 6) is -3.00. The predicted molar refractivity (Wildman–Crippen MR) is 112 cm³/mol. The molecule has 1 heterocycles. The highest BCUT2D eigenvalue weighted by atomic mass is 16.6. The first-order valence-corrected chi connectivity index (χ1v) is 9.95. The fourth-order valence-electron chi connectivity index (χ4n) is 3.94. The van der Waals surface area contributed by atoms with E-state index in [9.17, 15) is 29.3 Å². The van der Waals surface area contributed by atoms with Gasteiger partial charge < -0.3 is 4.74 Å². The predicted octanol–water partition coefficient (Wildman–Crippen LogP) is 3.09. The van der Waals surface area contributed by atoms with E-state index in [1.165, 1.54) is 36.4 Å². The summed E-state index contributed by atoms with van der Waals surface area (Å²) in [5, 5.41) is 10.7. The van der Waals surface area contributed by atoms with Gasteiger partial charge in [0.2, 0.25) is 11.8 Å². The number of rotatable bonds is 6. The van der Waals surface area contributed by atoms with Gasteiger partial charge >= 0.3 is 5.97 Å². The number of hydrogen-bond acceptors (Lipinski definition) is 7. The van der Waals surface area contributed by atoms with Crippen molar-refractivity contribution in [2.75, 3.05) is 11.5 Å². The number of fused-ring (bicyclic) bond motifs is 1. The number of para-hydroxylation sites is 1. The van der Waals surface area contributed by atoms with Crippen LogP contribution in [0.5, 0.6) is 0 Å². The van der Waals surface area contributed by atoms with Gasteiger partial charge in [-0.3, -0.25) is 24.5 Å². The number of hydrogen-bond donors (Lipinski definition) is 0. The van der Waals surface area contributed by atoms with Crippen molar-refractivity contribution in [3.8, 4) is 0 Å². The first-order chi connectivity index (χ1) is 15.4. The number of carbonyl (C=O) groups excluding carboxylic acids is 4. The van der Waals surface area contributed by atoms with Crippen molar-refractivity contribution in [1.29, 1.82) is 0 Å². The van der Waals surface area contributed by atoms with Crippen LogP contribution < -0.4 is 4.90 Å². The molecule has 2 aromatic rings. The smallest absolute Gasteiger partial charge is 0.340 e. The molecule has 2 aromatic carbocycles. The summed E-state index contributed by atoms with van der Waals surface area (Å²) < 4.78 is 5.13. The van der Waals surface area contributed by atoms with Crippen molar-refractivity contribution in [2.45, 2.75) is 12.8 Å². The minimum absolute atomic E-state index is 0.00249. The highest BCUT2D eigenvalue weighted by Gasteiger charge is 2.48. The molecule has 0 spiro atoms. The number of allylic oxidation sites excluding steroid dienone is 2. The summed E-state index contributed by atoms with van der Waals surface area (Å²) in [7, 11) is 0. The number of nitro benzene ring substituents is 1. The lowest BCUT2D eigenvalue weighted by Gasteiger charge is -2.18. The minimum atomic E-state index is -0.857. The summed E-state index contributed by atoms with van der Waals surface area (Å²) in [5.41, 5.74) is 0.114. The van der Waals surface area contributed by atoms with Crippen molar-refractivity contribution < 1.29 is 28.8 Å². The van der Waals surface area contributed by atoms with Gasteiger partial charge in [0.25, 0.3) is 5.69 Å². The third kappa shape index (κ3) is 3.80. The van der Waals surface area contributed by atoms with Crippen molar-refractivity contribution >= 4 is 34.9 Å². The maximum atomic E-state index is 12.9. The Hall–Kier alpha value is -4.14. The van der Waals surface area contributed by atoms with E-state index in [0.29, 0.717) is 12.8 Å². The van der Waals surface area contributed by atoms with Crippen LogP contribution in [0.1, 0.15) is 33.6 Å². The largest absolute Gasteiger partial charge is 0.454 e. The van der Waals surface area contributed by atoms with Gasteiger partial charge in [0.05, 0.1) is 28.0 Å². The Morgan fingerprint density at radius 1 is 0.969 bits per heavy atom. The van der Waals surface area contributed by atoms with Crippen LogP contribution in [0.25, 0.3) is 0 Å². The second kappa shape index (κ2) is 8.54. The van der Waals surface area contributed by atoms with E-state index in [2.05, 4.69) is 0 Å². The summed E-state index contributed by atoms with van der Waals surface area (Å²) in [6, 6.07) is 11.0. The Bertz CT molecular complexity index is 1130. The fraction of sp³-hybridized carbons (Fsp3) is 0.217. The Morgan fingerprint density at radius 2 is 1.56 bits per heavy atom. The number of esters is 1. The molecule has 0 bridgehead atoms. The first-order valence-electron chi connectivity index (χ1n) is 9.95. The number of ketones is 1. The van der Waals surface area contributed by atoms with E-state index in [4.69, 9.17) is 4.74 Å². The molecular formula is C23H18N2O7. The molecule has 1 fully saturated rings. The number of anilines is 1. The molecule has 9 heteroatoms. The number of Topliss-reactive ketones (excluding diaryl/α,β-unsaturated/α-hetero) is 1. The maximum Gasteiger partial charge on any atom is 0.340 e. The lowest BCUT2D eigenvalue weighted by molar-refractivity contribution is -0.384. The quantitative estimate of drug-likeness (QED) is 0.171. The molecule has 0 saturated carbocycles. The van der Waals surface area contributed by atoms with Crippen LogP contribution in [0, 0.1) is 22.0 Å². The molecule has 1 aliphatic carbocycles. The van der Waals surface area contributed by atoms with Crippen LogP contribution in [0.4, 0.5) is 11.4 Å². The second-order valence-electron chi connectivity index (χ2n) is 7.49. The maximum absolute atomic E-state index is 12.9. The topological polar surface area (TPSA) is 124 Å². The number of imide groups is 1. The normalized spacial score (nSPS) is 19.6. The van der Waals surface area contributed by atoms with Gasteiger partial charge in [-0.25, -0.2) is 9.69 Å². The zero-order chi connectivity index (χ0) is 22.8. The fourth-order valence-corrected chi connectivity index (χ4v) is 3.94. The van der Waals surface area contributed by atoms with Crippen LogP contribution in [0.15, 0.2) is 60.7 Å². The molecule has 2 unspecified atom stereocenters. The standard InChI is InChI=1S/C23H18N2O7/c26-20(14-9-11-15(12-10-14)25(30)31)13-32-23(29)18-7-3-4-8-19(18)24-21(27)16-5-1-2-6-17(16)22(24)28/h1-4,7-12,16-17H,5-6,13H2. The molecule has 32 heavy (non-hydrogen) atoms. The third-order valence-corrected chi connectivity index (χ3v) is 5.61. The van der Waals surface area contributed by atoms with Gasteiger partial charge in [0.15, 0.2) is 12.4 Å². The molecule has 0 aromatic heterocycles. The SMILES string of the molecule is O=C(COC(=O)c1ccccc1N1C(=O)C2CC=CCC2C1=O)c1ccc([N+](=O)[O-])cc1. The molecule has 2 amide bonds. The van der Waals surface area contributed by atoms with Crippen molar-refractivity contribution in [2.24, 2.45) is 11.8 Å². The second-order valence-corrected chi connectivity index (χ2v) is 7.49. The molecule has 0 N–H and O–H groups in total. The first kappa shape index (κ1) is 21.1. The average molecular weight is 434 g/mol. The Morgan fingerprint density at radius 3 is 2.16 bits per heavy atom. The van der Waals surface area contributed by atoms with Crippen molar-refractivity contribution in [3.05, 3.63) is 81.9 Å². The van der Waals surface area contributed by atoms with Crippen molar-refractivity contribution in [1.82, 2.24) is 0 Å². The van der Waals surface area contributed by atoms with Crippen LogP contribution in [-0.2, 0) is 14.3 Å². The van der Waals surface area contributed by atoms with E-state index in [1.54, 1.807) is 12.1 Å². The highest BCUT2D eigenvalue weighted by Crippen LogP contribution is 2.38. The number of ether oxygens (including phenoxy) is 1. The van der Waals surface area contributed by atoms with Crippen LogP contribution in [-0.4, -0.2) is 35.1 Å². The number of nitrogens with zero attached hydrogens (tertiary/aromatic N) is 2. The Labute approximate surface area is 182 Å². The highest BCUT2D eigenvalue weighted by molar-refractivity contribution is 6.24. The van der Waals surface area contributed by atoms with E-state index in [1.807, 2.05) is 12.2 Å². The van der Waals surface area contributed by atoms with E-state index in [0.717, 1.165) is 4.90 Å². The molecular weight excluding hydrogens is 416 g/mol. The molecule has 4 rings (SSSR count). The Balaban J connectivity index is 1.50. The molecule has 162 valence electrons. The van der Waals surface area contributed by atoms with Gasteiger partial charge in [-0.15, -0.1) is 0 Å². The van der Waals surface area contributed by atoms with Gasteiger partial charge in [0.1, 0.15) is 0 Å². The van der Waals surface area contributed by atoms with Crippen LogP contribution in [0.2, 0.25) is 0 Å². The zero-order valence-electron chi connectivity index (χ0n) is 16.8. The summed E-state index contributed by atoms with van der Waals surface area (Å²) >= 11 is 0. The molecule has 2 aliphatic rings. The molecule has 9 nitrogen and oxygen atoms in total. The third-order valence-electron chi connectivity index (χ3n) is 5.61. The van der Waals surface area contributed by atoms with Gasteiger partial charge in [0, 0.05) is 17.7 Å². The molecule has 0 radical (unpaired) electrons. The number of nitro groups is 1. The van der Waals surface area contributed by atoms with Gasteiger partial charge in [-0.05, 0) is 37.1 Å². The number of amides is 2. The lowest BCUT2D eigenvalue weighted by Crippen LogP contribution is -2.32. The zero-order valence-corrected chi connectivity index (χ0v) is 16.8. The van der Waals surface area contributed by atoms with Crippen LogP contribution in [0.3, 0.4) is 0 Å². The number of benzene rings is 2. The van der Waals surface area contributed by atoms with E-state index < -0.39 is 35.1 Å². The van der Waals surface area contributed by atoms with E-state index >= 15 is 0 Å².